The summed E-state index contributed by atoms with van der Waals surface area (Å²) in [5.41, 5.74) is 3.07. The number of nitrogens with zero attached hydrogens (tertiary/aromatic N) is 1. The fourth-order valence-electron chi connectivity index (χ4n) is 1.09. The van der Waals surface area contributed by atoms with Crippen LogP contribution < -0.4 is 16.6 Å². The number of halogens is 2. The number of hydrazine groups is 1. The zero-order chi connectivity index (χ0) is 12.7. The predicted octanol–water partition coefficient (Wildman–Crippen LogP) is 1.87. The Bertz CT molecular complexity index is 398. The topological polar surface area (TPSA) is 71.7 Å². The van der Waals surface area contributed by atoms with Crippen LogP contribution in [-0.4, -0.2) is 26.2 Å². The van der Waals surface area contributed by atoms with Gasteiger partial charge in [0.05, 0.1) is 23.9 Å². The Labute approximate surface area is 110 Å². The number of rotatable bonds is 4. The number of anilines is 1. The third-order valence-electron chi connectivity index (χ3n) is 1.88. The number of benzene rings is 1. The van der Waals surface area contributed by atoms with Gasteiger partial charge in [0.25, 0.3) is 0 Å². The maximum absolute atomic E-state index is 5.99. The summed E-state index contributed by atoms with van der Waals surface area (Å²) in [6.45, 7) is 0.997. The van der Waals surface area contributed by atoms with E-state index in [2.05, 4.69) is 15.7 Å². The molecule has 0 spiro atoms. The van der Waals surface area contributed by atoms with Crippen LogP contribution in [0.1, 0.15) is 0 Å². The second kappa shape index (κ2) is 7.34. The number of nitrogens with two attached hydrogens (primary N) is 1. The fraction of sp³-hybridized carbons (Fsp3) is 0.300. The van der Waals surface area contributed by atoms with Crippen LogP contribution in [0.15, 0.2) is 23.2 Å². The van der Waals surface area contributed by atoms with E-state index in [1.165, 1.54) is 0 Å². The van der Waals surface area contributed by atoms with Crippen molar-refractivity contribution < 1.29 is 4.74 Å². The standard InChI is InChI=1S/C10H14Cl2N4O/c1-17-5-4-14-10(16-13)15-9-6-7(11)2-3-8(9)12/h2-3,6H,4-5,13H2,1H3,(H2,14,15,16). The van der Waals surface area contributed by atoms with Crippen molar-refractivity contribution in [2.45, 2.75) is 0 Å². The number of hydrogen-bond acceptors (Lipinski definition) is 3. The Morgan fingerprint density at radius 3 is 2.88 bits per heavy atom. The third-order valence-corrected chi connectivity index (χ3v) is 2.45. The highest BCUT2D eigenvalue weighted by molar-refractivity contribution is 6.35. The fourth-order valence-corrected chi connectivity index (χ4v) is 1.43. The Morgan fingerprint density at radius 1 is 1.47 bits per heavy atom. The summed E-state index contributed by atoms with van der Waals surface area (Å²) < 4.78 is 4.88. The summed E-state index contributed by atoms with van der Waals surface area (Å²) in [4.78, 5) is 4.14. The summed E-state index contributed by atoms with van der Waals surface area (Å²) in [6.07, 6.45) is 0. The van der Waals surface area contributed by atoms with Gasteiger partial charge in [-0.1, -0.05) is 23.2 Å². The van der Waals surface area contributed by atoms with Gasteiger partial charge in [-0.2, -0.15) is 0 Å². The van der Waals surface area contributed by atoms with Crippen LogP contribution in [-0.2, 0) is 4.74 Å². The molecule has 1 rings (SSSR count). The molecule has 1 aromatic carbocycles. The summed E-state index contributed by atoms with van der Waals surface area (Å²) in [5, 5.41) is 4.04. The van der Waals surface area contributed by atoms with Crippen LogP contribution in [0.25, 0.3) is 0 Å². The minimum absolute atomic E-state index is 0.395. The van der Waals surface area contributed by atoms with Crippen molar-refractivity contribution in [3.63, 3.8) is 0 Å². The number of aliphatic imine (C=N–C) groups is 1. The molecule has 0 aromatic heterocycles. The first kappa shape index (κ1) is 14.1. The van der Waals surface area contributed by atoms with Crippen molar-refractivity contribution >= 4 is 34.8 Å². The molecule has 0 radical (unpaired) electrons. The van der Waals surface area contributed by atoms with Gasteiger partial charge in [0, 0.05) is 12.1 Å². The molecule has 5 nitrogen and oxygen atoms in total. The van der Waals surface area contributed by atoms with Crippen LogP contribution in [0.3, 0.4) is 0 Å². The molecule has 0 atom stereocenters. The molecule has 0 heterocycles. The maximum atomic E-state index is 5.99. The Hall–Kier alpha value is -1.01. The lowest BCUT2D eigenvalue weighted by atomic mass is 10.3. The third kappa shape index (κ3) is 4.79. The second-order valence-corrected chi connectivity index (χ2v) is 3.96. The van der Waals surface area contributed by atoms with Crippen molar-refractivity contribution in [2.24, 2.45) is 10.8 Å². The van der Waals surface area contributed by atoms with Gasteiger partial charge in [-0.25, -0.2) is 10.8 Å². The Kier molecular flexibility index (Phi) is 6.07. The lowest BCUT2D eigenvalue weighted by Crippen LogP contribution is -2.36. The van der Waals surface area contributed by atoms with Crippen LogP contribution in [0, 0.1) is 0 Å². The molecule has 0 unspecified atom stereocenters. The van der Waals surface area contributed by atoms with Gasteiger partial charge >= 0.3 is 0 Å². The van der Waals surface area contributed by atoms with Gasteiger partial charge in [0.2, 0.25) is 5.96 Å². The summed E-state index contributed by atoms with van der Waals surface area (Å²) >= 11 is 11.8. The SMILES string of the molecule is COCCN=C(NN)Nc1cc(Cl)ccc1Cl. The first-order valence-electron chi connectivity index (χ1n) is 4.89. The van der Waals surface area contributed by atoms with Gasteiger partial charge < -0.3 is 10.1 Å². The van der Waals surface area contributed by atoms with E-state index in [4.69, 9.17) is 33.8 Å². The average Bonchev–Trinajstić information content (AvgIpc) is 2.32. The highest BCUT2D eigenvalue weighted by atomic mass is 35.5. The summed E-state index contributed by atoms with van der Waals surface area (Å²) in [5.74, 6) is 5.73. The summed E-state index contributed by atoms with van der Waals surface area (Å²) in [7, 11) is 1.60. The molecular formula is C10H14Cl2N4O. The molecule has 0 bridgehead atoms. The van der Waals surface area contributed by atoms with E-state index >= 15 is 0 Å². The highest BCUT2D eigenvalue weighted by Crippen LogP contribution is 2.25. The van der Waals surface area contributed by atoms with E-state index in [9.17, 15) is 0 Å². The van der Waals surface area contributed by atoms with Crippen molar-refractivity contribution in [1.82, 2.24) is 5.43 Å². The molecule has 4 N–H and O–H groups in total. The minimum atomic E-state index is 0.395. The average molecular weight is 277 g/mol. The molecule has 0 aliphatic rings. The number of hydrogen-bond donors (Lipinski definition) is 3. The van der Waals surface area contributed by atoms with Crippen molar-refractivity contribution in [2.75, 3.05) is 25.6 Å². The molecule has 0 aliphatic carbocycles. The van der Waals surface area contributed by atoms with Crippen LogP contribution in [0.4, 0.5) is 5.69 Å². The molecule has 7 heteroatoms. The van der Waals surface area contributed by atoms with E-state index in [-0.39, 0.29) is 0 Å². The van der Waals surface area contributed by atoms with E-state index in [1.807, 2.05) is 0 Å². The monoisotopic (exact) mass is 276 g/mol. The zero-order valence-corrected chi connectivity index (χ0v) is 10.8. The van der Waals surface area contributed by atoms with Gasteiger partial charge in [-0.3, -0.25) is 5.43 Å². The van der Waals surface area contributed by atoms with Crippen molar-refractivity contribution in [3.8, 4) is 0 Å². The van der Waals surface area contributed by atoms with Crippen LogP contribution >= 0.6 is 23.2 Å². The lowest BCUT2D eigenvalue weighted by Gasteiger charge is -2.10. The van der Waals surface area contributed by atoms with E-state index < -0.39 is 0 Å². The molecule has 1 aromatic rings. The first-order valence-corrected chi connectivity index (χ1v) is 5.65. The number of methoxy groups -OCH3 is 1. The minimum Gasteiger partial charge on any atom is -0.383 e. The van der Waals surface area contributed by atoms with Gasteiger partial charge in [-0.05, 0) is 18.2 Å². The molecule has 94 valence electrons. The molecule has 17 heavy (non-hydrogen) atoms. The molecule has 0 saturated heterocycles. The normalized spacial score (nSPS) is 11.4. The molecule has 0 saturated carbocycles. The van der Waals surface area contributed by atoms with E-state index in [1.54, 1.807) is 25.3 Å². The number of ether oxygens (including phenoxy) is 1. The molecule has 0 fully saturated rings. The Morgan fingerprint density at radius 2 is 2.24 bits per heavy atom. The number of nitrogens with one attached hydrogen (secondary N) is 2. The van der Waals surface area contributed by atoms with E-state index in [0.717, 1.165) is 0 Å². The summed E-state index contributed by atoms with van der Waals surface area (Å²) in [6, 6.07) is 5.08. The van der Waals surface area contributed by atoms with Gasteiger partial charge in [-0.15, -0.1) is 0 Å². The van der Waals surface area contributed by atoms with Crippen molar-refractivity contribution in [3.05, 3.63) is 28.2 Å². The highest BCUT2D eigenvalue weighted by Gasteiger charge is 2.03. The van der Waals surface area contributed by atoms with Gasteiger partial charge in [0.15, 0.2) is 0 Å². The van der Waals surface area contributed by atoms with Gasteiger partial charge in [0.1, 0.15) is 0 Å². The Balaban J connectivity index is 2.73. The lowest BCUT2D eigenvalue weighted by molar-refractivity contribution is 0.208. The molecule has 0 amide bonds. The predicted molar refractivity (Wildman–Crippen MR) is 71.6 cm³/mol. The van der Waals surface area contributed by atoms with Crippen molar-refractivity contribution in [1.29, 1.82) is 0 Å². The first-order chi connectivity index (χ1) is 8.17. The zero-order valence-electron chi connectivity index (χ0n) is 9.34. The quantitative estimate of drug-likeness (QED) is 0.258. The number of guanidine groups is 1. The molecular weight excluding hydrogens is 263 g/mol. The smallest absolute Gasteiger partial charge is 0.210 e. The molecule has 0 aliphatic heterocycles. The largest absolute Gasteiger partial charge is 0.383 e. The van der Waals surface area contributed by atoms with Crippen LogP contribution in [0.2, 0.25) is 10.0 Å². The second-order valence-electron chi connectivity index (χ2n) is 3.12. The van der Waals surface area contributed by atoms with Crippen LogP contribution in [0.5, 0.6) is 0 Å². The van der Waals surface area contributed by atoms with E-state index in [0.29, 0.717) is 34.8 Å². The maximum Gasteiger partial charge on any atom is 0.210 e.